The topological polar surface area (TPSA) is 71.7 Å². The van der Waals surface area contributed by atoms with Gasteiger partial charge in [0.25, 0.3) is 0 Å². The molecule has 0 aromatic carbocycles. The fraction of sp³-hybridized carbons (Fsp3) is 0.400. The highest BCUT2D eigenvalue weighted by Crippen LogP contribution is 2.32. The van der Waals surface area contributed by atoms with Crippen molar-refractivity contribution in [1.82, 2.24) is 5.32 Å². The van der Waals surface area contributed by atoms with Crippen LogP contribution in [0.4, 0.5) is 0 Å². The summed E-state index contributed by atoms with van der Waals surface area (Å²) in [6, 6.07) is 5.44. The summed E-state index contributed by atoms with van der Waals surface area (Å²) in [5.41, 5.74) is -0.635. The predicted octanol–water partition coefficient (Wildman–Crippen LogP) is 1.73. The molecular weight excluding hydrogens is 290 g/mol. The van der Waals surface area contributed by atoms with Crippen LogP contribution >= 0.6 is 11.3 Å². The van der Waals surface area contributed by atoms with E-state index >= 15 is 0 Å². The molecule has 1 aliphatic rings. The highest BCUT2D eigenvalue weighted by atomic mass is 32.1. The molecule has 1 saturated heterocycles. The minimum absolute atomic E-state index is 0.0778. The first kappa shape index (κ1) is 14.3. The monoisotopic (exact) mass is 307 g/mol. The number of rotatable bonds is 5. The Morgan fingerprint density at radius 1 is 1.52 bits per heavy atom. The summed E-state index contributed by atoms with van der Waals surface area (Å²) in [6.07, 6.45) is 3.75. The predicted molar refractivity (Wildman–Crippen MR) is 78.0 cm³/mol. The summed E-state index contributed by atoms with van der Waals surface area (Å²) in [7, 11) is 0. The lowest BCUT2D eigenvalue weighted by Gasteiger charge is -2.27. The van der Waals surface area contributed by atoms with Gasteiger partial charge >= 0.3 is 0 Å². The van der Waals surface area contributed by atoms with E-state index in [1.165, 1.54) is 23.9 Å². The van der Waals surface area contributed by atoms with Crippen LogP contribution < -0.4 is 5.32 Å². The zero-order valence-corrected chi connectivity index (χ0v) is 12.3. The Morgan fingerprint density at radius 3 is 3.05 bits per heavy atom. The van der Waals surface area contributed by atoms with Gasteiger partial charge in [-0.15, -0.1) is 11.3 Å². The fourth-order valence-electron chi connectivity index (χ4n) is 2.45. The number of amides is 1. The molecule has 2 atom stereocenters. The van der Waals surface area contributed by atoms with E-state index in [1.807, 2.05) is 17.5 Å². The summed E-state index contributed by atoms with van der Waals surface area (Å²) in [5.74, 6) is -0.201. The van der Waals surface area contributed by atoms with Crippen molar-refractivity contribution in [3.8, 4) is 0 Å². The van der Waals surface area contributed by atoms with E-state index in [4.69, 9.17) is 9.15 Å². The second-order valence-corrected chi connectivity index (χ2v) is 6.08. The Labute approximate surface area is 126 Å². The van der Waals surface area contributed by atoms with Gasteiger partial charge in [-0.3, -0.25) is 4.79 Å². The molecule has 21 heavy (non-hydrogen) atoms. The van der Waals surface area contributed by atoms with Crippen molar-refractivity contribution in [2.24, 2.45) is 5.92 Å². The average molecular weight is 307 g/mol. The first-order valence-corrected chi connectivity index (χ1v) is 7.72. The number of carbonyl (C=O) groups excluding carboxylic acids is 1. The number of aliphatic hydroxyl groups is 1. The molecule has 3 rings (SSSR count). The van der Waals surface area contributed by atoms with Crippen LogP contribution in [0.15, 0.2) is 40.5 Å². The summed E-state index contributed by atoms with van der Waals surface area (Å²) in [6.45, 7) is 1.19. The van der Waals surface area contributed by atoms with Crippen molar-refractivity contribution in [2.45, 2.75) is 12.0 Å². The summed E-state index contributed by atoms with van der Waals surface area (Å²) in [4.78, 5) is 12.9. The zero-order valence-electron chi connectivity index (χ0n) is 11.5. The molecule has 2 N–H and O–H groups in total. The van der Waals surface area contributed by atoms with Gasteiger partial charge in [0.2, 0.25) is 5.91 Å². The van der Waals surface area contributed by atoms with Crippen LogP contribution in [0.1, 0.15) is 16.9 Å². The lowest BCUT2D eigenvalue weighted by molar-refractivity contribution is -0.125. The van der Waals surface area contributed by atoms with Gasteiger partial charge in [-0.25, -0.2) is 0 Å². The molecule has 0 unspecified atom stereocenters. The van der Waals surface area contributed by atoms with Crippen LogP contribution in [-0.4, -0.2) is 30.8 Å². The molecule has 6 heteroatoms. The smallest absolute Gasteiger partial charge is 0.225 e. The Hall–Kier alpha value is -1.63. The lowest BCUT2D eigenvalue weighted by Crippen LogP contribution is -2.43. The number of thiophene rings is 1. The molecule has 112 valence electrons. The summed E-state index contributed by atoms with van der Waals surface area (Å²) in [5, 5.41) is 15.8. The van der Waals surface area contributed by atoms with Crippen molar-refractivity contribution < 1.29 is 19.1 Å². The van der Waals surface area contributed by atoms with E-state index in [9.17, 15) is 9.90 Å². The van der Waals surface area contributed by atoms with Crippen LogP contribution in [0, 0.1) is 5.92 Å². The number of ether oxygens (including phenoxy) is 1. The quantitative estimate of drug-likeness (QED) is 0.882. The normalized spacial score (nSPS) is 21.1. The van der Waals surface area contributed by atoms with Crippen molar-refractivity contribution in [2.75, 3.05) is 19.8 Å². The Balaban J connectivity index is 1.76. The molecule has 0 aliphatic carbocycles. The van der Waals surface area contributed by atoms with Gasteiger partial charge in [0.15, 0.2) is 0 Å². The highest BCUT2D eigenvalue weighted by molar-refractivity contribution is 7.10. The second kappa shape index (κ2) is 6.01. The number of hydrogen-bond acceptors (Lipinski definition) is 5. The van der Waals surface area contributed by atoms with Gasteiger partial charge in [0.05, 0.1) is 31.6 Å². The number of nitrogens with one attached hydrogen (secondary N) is 1. The Bertz CT molecular complexity index is 539. The fourth-order valence-corrected chi connectivity index (χ4v) is 3.29. The molecule has 1 aliphatic heterocycles. The van der Waals surface area contributed by atoms with Crippen molar-refractivity contribution in [1.29, 1.82) is 0 Å². The van der Waals surface area contributed by atoms with Gasteiger partial charge < -0.3 is 19.6 Å². The number of carbonyl (C=O) groups is 1. The van der Waals surface area contributed by atoms with Gasteiger partial charge in [-0.2, -0.15) is 0 Å². The van der Waals surface area contributed by atoms with Gasteiger partial charge in [0.1, 0.15) is 5.60 Å². The standard InChI is InChI=1S/C15H17NO4S/c17-14(11-3-5-19-8-11)16-10-15(18,12-4-6-20-9-12)13-2-1-7-21-13/h1-2,4,6-7,9,11,18H,3,5,8,10H2,(H,16,17)/t11-,15-/m1/s1. The van der Waals surface area contributed by atoms with Crippen LogP contribution in [0.3, 0.4) is 0 Å². The molecule has 2 aromatic heterocycles. The van der Waals surface area contributed by atoms with Crippen molar-refractivity contribution in [3.05, 3.63) is 46.5 Å². The number of hydrogen-bond donors (Lipinski definition) is 2. The van der Waals surface area contributed by atoms with Crippen LogP contribution in [-0.2, 0) is 15.1 Å². The Morgan fingerprint density at radius 2 is 2.43 bits per heavy atom. The molecule has 0 saturated carbocycles. The largest absolute Gasteiger partial charge is 0.472 e. The lowest BCUT2D eigenvalue weighted by atomic mass is 9.94. The van der Waals surface area contributed by atoms with Crippen molar-refractivity contribution in [3.63, 3.8) is 0 Å². The molecule has 1 amide bonds. The average Bonchev–Trinajstić information content (AvgIpc) is 3.27. The highest BCUT2D eigenvalue weighted by Gasteiger charge is 2.35. The minimum atomic E-state index is -1.27. The van der Waals surface area contributed by atoms with Crippen LogP contribution in [0.25, 0.3) is 0 Å². The van der Waals surface area contributed by atoms with E-state index in [2.05, 4.69) is 5.32 Å². The zero-order chi connectivity index (χ0) is 14.7. The molecule has 3 heterocycles. The minimum Gasteiger partial charge on any atom is -0.472 e. The summed E-state index contributed by atoms with van der Waals surface area (Å²) >= 11 is 1.44. The van der Waals surface area contributed by atoms with Gasteiger partial charge in [-0.1, -0.05) is 6.07 Å². The van der Waals surface area contributed by atoms with E-state index in [0.29, 0.717) is 18.8 Å². The first-order chi connectivity index (χ1) is 10.2. The van der Waals surface area contributed by atoms with Crippen LogP contribution in [0.2, 0.25) is 0 Å². The van der Waals surface area contributed by atoms with E-state index in [0.717, 1.165) is 11.3 Å². The molecule has 0 bridgehead atoms. The molecule has 1 fully saturated rings. The Kier molecular flexibility index (Phi) is 4.10. The second-order valence-electron chi connectivity index (χ2n) is 5.13. The van der Waals surface area contributed by atoms with E-state index in [-0.39, 0.29) is 18.4 Å². The maximum Gasteiger partial charge on any atom is 0.225 e. The third kappa shape index (κ3) is 2.88. The van der Waals surface area contributed by atoms with E-state index in [1.54, 1.807) is 6.07 Å². The van der Waals surface area contributed by atoms with E-state index < -0.39 is 5.60 Å². The molecular formula is C15H17NO4S. The van der Waals surface area contributed by atoms with Crippen LogP contribution in [0.5, 0.6) is 0 Å². The van der Waals surface area contributed by atoms with Gasteiger partial charge in [0, 0.05) is 17.0 Å². The SMILES string of the molecule is O=C(NC[C@@](O)(c1ccoc1)c1cccs1)[C@@H]1CCOC1. The third-order valence-corrected chi connectivity index (χ3v) is 4.77. The molecule has 2 aromatic rings. The summed E-state index contributed by atoms with van der Waals surface area (Å²) < 4.78 is 10.3. The molecule has 0 spiro atoms. The number of furan rings is 1. The third-order valence-electron chi connectivity index (χ3n) is 3.75. The first-order valence-electron chi connectivity index (χ1n) is 6.84. The maximum absolute atomic E-state index is 12.1. The van der Waals surface area contributed by atoms with Gasteiger partial charge in [-0.05, 0) is 23.9 Å². The maximum atomic E-state index is 12.1. The van der Waals surface area contributed by atoms with Crippen molar-refractivity contribution >= 4 is 17.2 Å². The molecule has 0 radical (unpaired) electrons. The molecule has 5 nitrogen and oxygen atoms in total.